The second kappa shape index (κ2) is 3.81. The number of benzene rings is 2. The quantitative estimate of drug-likeness (QED) is 0.775. The first-order chi connectivity index (χ1) is 8.68. The number of imide groups is 1. The average Bonchev–Trinajstić information content (AvgIpc) is 2.67. The first-order valence-electron chi connectivity index (χ1n) is 5.73. The molecule has 2 aromatic rings. The van der Waals surface area contributed by atoms with Crippen LogP contribution in [0.5, 0.6) is 0 Å². The minimum atomic E-state index is -0.308. The van der Waals surface area contributed by atoms with Gasteiger partial charge in [-0.05, 0) is 29.7 Å². The summed E-state index contributed by atoms with van der Waals surface area (Å²) in [5, 5.41) is 2.32. The molecule has 0 bridgehead atoms. The van der Waals surface area contributed by atoms with Gasteiger partial charge in [-0.1, -0.05) is 36.4 Å². The summed E-state index contributed by atoms with van der Waals surface area (Å²) in [6.45, 7) is 1.87. The van der Waals surface area contributed by atoms with Crippen molar-refractivity contribution in [2.45, 2.75) is 6.92 Å². The minimum absolute atomic E-state index is 0.301. The smallest absolute Gasteiger partial charge is 0.259 e. The lowest BCUT2D eigenvalue weighted by Gasteiger charge is -2.08. The Bertz CT molecular complexity index is 660. The van der Waals surface area contributed by atoms with Gasteiger partial charge in [0.15, 0.2) is 0 Å². The van der Waals surface area contributed by atoms with Crippen LogP contribution in [0.3, 0.4) is 0 Å². The average molecular weight is 237 g/mol. The SMILES string of the molecule is Cc1c(-c2ccccc2)ccc2c1C(=O)NC2=O. The van der Waals surface area contributed by atoms with E-state index < -0.39 is 0 Å². The molecule has 2 aromatic carbocycles. The molecule has 0 aliphatic carbocycles. The van der Waals surface area contributed by atoms with E-state index in [1.54, 1.807) is 6.07 Å². The van der Waals surface area contributed by atoms with Gasteiger partial charge in [-0.2, -0.15) is 0 Å². The van der Waals surface area contributed by atoms with Crippen LogP contribution < -0.4 is 5.32 Å². The van der Waals surface area contributed by atoms with Crippen molar-refractivity contribution >= 4 is 11.8 Å². The van der Waals surface area contributed by atoms with Gasteiger partial charge in [-0.15, -0.1) is 0 Å². The molecule has 0 radical (unpaired) electrons. The number of nitrogens with one attached hydrogen (secondary N) is 1. The Morgan fingerprint density at radius 1 is 0.833 bits per heavy atom. The highest BCUT2D eigenvalue weighted by atomic mass is 16.2. The van der Waals surface area contributed by atoms with Crippen LogP contribution in [0, 0.1) is 6.92 Å². The lowest BCUT2D eigenvalue weighted by atomic mass is 9.94. The maximum absolute atomic E-state index is 11.7. The highest BCUT2D eigenvalue weighted by Gasteiger charge is 2.29. The molecule has 3 rings (SSSR count). The zero-order chi connectivity index (χ0) is 12.7. The minimum Gasteiger partial charge on any atom is -0.288 e. The van der Waals surface area contributed by atoms with Crippen molar-refractivity contribution in [3.63, 3.8) is 0 Å². The molecule has 0 unspecified atom stereocenters. The zero-order valence-electron chi connectivity index (χ0n) is 9.86. The van der Waals surface area contributed by atoms with Gasteiger partial charge in [-0.3, -0.25) is 14.9 Å². The Morgan fingerprint density at radius 3 is 2.22 bits per heavy atom. The van der Waals surface area contributed by atoms with Crippen molar-refractivity contribution in [1.82, 2.24) is 5.32 Å². The number of fused-ring (bicyclic) bond motifs is 1. The van der Waals surface area contributed by atoms with E-state index in [1.165, 1.54) is 0 Å². The fourth-order valence-electron chi connectivity index (χ4n) is 2.36. The van der Waals surface area contributed by atoms with Gasteiger partial charge in [0.25, 0.3) is 11.8 Å². The van der Waals surface area contributed by atoms with Crippen LogP contribution in [0.1, 0.15) is 26.3 Å². The molecule has 0 saturated carbocycles. The molecule has 1 aliphatic heterocycles. The van der Waals surface area contributed by atoms with E-state index in [-0.39, 0.29) is 11.8 Å². The first kappa shape index (κ1) is 10.7. The van der Waals surface area contributed by atoms with Crippen molar-refractivity contribution < 1.29 is 9.59 Å². The van der Waals surface area contributed by atoms with Crippen LogP contribution in [0.4, 0.5) is 0 Å². The third-order valence-corrected chi connectivity index (χ3v) is 3.25. The molecule has 18 heavy (non-hydrogen) atoms. The molecule has 0 fully saturated rings. The van der Waals surface area contributed by atoms with Gasteiger partial charge in [0.1, 0.15) is 0 Å². The van der Waals surface area contributed by atoms with Crippen LogP contribution in [0.25, 0.3) is 11.1 Å². The van der Waals surface area contributed by atoms with Crippen molar-refractivity contribution in [2.24, 2.45) is 0 Å². The van der Waals surface area contributed by atoms with Gasteiger partial charge < -0.3 is 0 Å². The molecule has 0 saturated heterocycles. The molecule has 88 valence electrons. The number of hydrogen-bond donors (Lipinski definition) is 1. The fraction of sp³-hybridized carbons (Fsp3) is 0.0667. The van der Waals surface area contributed by atoms with Crippen LogP contribution in [-0.4, -0.2) is 11.8 Å². The summed E-state index contributed by atoms with van der Waals surface area (Å²) in [4.78, 5) is 23.3. The molecule has 3 heteroatoms. The Labute approximate surface area is 104 Å². The molecule has 1 N–H and O–H groups in total. The normalized spacial score (nSPS) is 13.4. The number of carbonyl (C=O) groups is 2. The Hall–Kier alpha value is -2.42. The second-order valence-electron chi connectivity index (χ2n) is 4.31. The van der Waals surface area contributed by atoms with Gasteiger partial charge >= 0.3 is 0 Å². The third-order valence-electron chi connectivity index (χ3n) is 3.25. The summed E-state index contributed by atoms with van der Waals surface area (Å²) in [7, 11) is 0. The summed E-state index contributed by atoms with van der Waals surface area (Å²) >= 11 is 0. The van der Waals surface area contributed by atoms with Crippen molar-refractivity contribution in [2.75, 3.05) is 0 Å². The Kier molecular flexibility index (Phi) is 2.27. The van der Waals surface area contributed by atoms with Crippen molar-refractivity contribution in [1.29, 1.82) is 0 Å². The predicted octanol–water partition coefficient (Wildman–Crippen LogP) is 2.55. The first-order valence-corrected chi connectivity index (χ1v) is 5.73. The topological polar surface area (TPSA) is 46.2 Å². The molecule has 3 nitrogen and oxygen atoms in total. The van der Waals surface area contributed by atoms with Crippen LogP contribution in [0.2, 0.25) is 0 Å². The molecular weight excluding hydrogens is 226 g/mol. The fourth-order valence-corrected chi connectivity index (χ4v) is 2.36. The number of hydrogen-bond acceptors (Lipinski definition) is 2. The van der Waals surface area contributed by atoms with Gasteiger partial charge in [0.2, 0.25) is 0 Å². The van der Waals surface area contributed by atoms with Crippen LogP contribution >= 0.6 is 0 Å². The largest absolute Gasteiger partial charge is 0.288 e. The summed E-state index contributed by atoms with van der Waals surface area (Å²) in [6, 6.07) is 13.4. The standard InChI is InChI=1S/C15H11NO2/c1-9-11(10-5-3-2-4-6-10)7-8-12-13(9)15(18)16-14(12)17/h2-8H,1H3,(H,16,17,18). The van der Waals surface area contributed by atoms with Crippen LogP contribution in [0.15, 0.2) is 42.5 Å². The summed E-state index contributed by atoms with van der Waals surface area (Å²) in [6.07, 6.45) is 0. The van der Waals surface area contributed by atoms with E-state index >= 15 is 0 Å². The van der Waals surface area contributed by atoms with E-state index in [2.05, 4.69) is 5.32 Å². The van der Waals surface area contributed by atoms with E-state index in [0.29, 0.717) is 11.1 Å². The van der Waals surface area contributed by atoms with Crippen LogP contribution in [-0.2, 0) is 0 Å². The van der Waals surface area contributed by atoms with Gasteiger partial charge in [0, 0.05) is 0 Å². The van der Waals surface area contributed by atoms with Crippen molar-refractivity contribution in [3.8, 4) is 11.1 Å². The Morgan fingerprint density at radius 2 is 1.50 bits per heavy atom. The van der Waals surface area contributed by atoms with E-state index in [1.807, 2.05) is 43.3 Å². The molecule has 2 amide bonds. The van der Waals surface area contributed by atoms with Crippen molar-refractivity contribution in [3.05, 3.63) is 59.2 Å². The Balaban J connectivity index is 2.24. The van der Waals surface area contributed by atoms with E-state index in [4.69, 9.17) is 0 Å². The molecule has 1 heterocycles. The second-order valence-corrected chi connectivity index (χ2v) is 4.31. The molecular formula is C15H11NO2. The molecule has 1 aliphatic rings. The maximum atomic E-state index is 11.7. The number of carbonyl (C=O) groups excluding carboxylic acids is 2. The van der Waals surface area contributed by atoms with Gasteiger partial charge in [0.05, 0.1) is 11.1 Å². The monoisotopic (exact) mass is 237 g/mol. The molecule has 0 atom stereocenters. The lowest BCUT2D eigenvalue weighted by molar-refractivity contribution is 0.0879. The highest BCUT2D eigenvalue weighted by Crippen LogP contribution is 2.29. The maximum Gasteiger partial charge on any atom is 0.259 e. The number of rotatable bonds is 1. The molecule has 0 spiro atoms. The van der Waals surface area contributed by atoms with E-state index in [9.17, 15) is 9.59 Å². The molecule has 0 aromatic heterocycles. The van der Waals surface area contributed by atoms with Gasteiger partial charge in [-0.25, -0.2) is 0 Å². The van der Waals surface area contributed by atoms with E-state index in [0.717, 1.165) is 16.7 Å². The highest BCUT2D eigenvalue weighted by molar-refractivity contribution is 6.22. The summed E-state index contributed by atoms with van der Waals surface area (Å²) in [5.74, 6) is -0.608. The zero-order valence-corrected chi connectivity index (χ0v) is 9.86. The predicted molar refractivity (Wildman–Crippen MR) is 68.4 cm³/mol. The summed E-state index contributed by atoms with van der Waals surface area (Å²) < 4.78 is 0. The third kappa shape index (κ3) is 1.44. The number of amides is 2. The summed E-state index contributed by atoms with van der Waals surface area (Å²) in [5.41, 5.74) is 3.85. The lowest BCUT2D eigenvalue weighted by Crippen LogP contribution is -2.20.